The van der Waals surface area contributed by atoms with Crippen LogP contribution in [0.15, 0.2) is 22.7 Å². The van der Waals surface area contributed by atoms with E-state index in [9.17, 15) is 0 Å². The SMILES string of the molecule is COCC(C)CNCc1cn[nH]c1-c1ccc(C)o1. The van der Waals surface area contributed by atoms with Crippen LogP contribution in [0.4, 0.5) is 0 Å². The van der Waals surface area contributed by atoms with Crippen LogP contribution >= 0.6 is 0 Å². The minimum Gasteiger partial charge on any atom is -0.460 e. The molecule has 2 aromatic rings. The first-order chi connectivity index (χ1) is 9.20. The number of furan rings is 1. The molecule has 0 saturated carbocycles. The largest absolute Gasteiger partial charge is 0.460 e. The van der Waals surface area contributed by atoms with E-state index in [0.29, 0.717) is 5.92 Å². The second-order valence-electron chi connectivity index (χ2n) is 4.87. The van der Waals surface area contributed by atoms with Gasteiger partial charge in [0.2, 0.25) is 0 Å². The zero-order chi connectivity index (χ0) is 13.7. The fourth-order valence-corrected chi connectivity index (χ4v) is 2.02. The number of hydrogen-bond donors (Lipinski definition) is 2. The van der Waals surface area contributed by atoms with Gasteiger partial charge in [-0.2, -0.15) is 5.10 Å². The van der Waals surface area contributed by atoms with E-state index >= 15 is 0 Å². The Kier molecular flexibility index (Phi) is 4.76. The third kappa shape index (κ3) is 3.68. The van der Waals surface area contributed by atoms with Gasteiger partial charge in [-0.3, -0.25) is 5.10 Å². The summed E-state index contributed by atoms with van der Waals surface area (Å²) in [6.45, 7) is 6.53. The van der Waals surface area contributed by atoms with Gasteiger partial charge in [-0.25, -0.2) is 0 Å². The Bertz CT molecular complexity index is 504. The maximum Gasteiger partial charge on any atom is 0.152 e. The lowest BCUT2D eigenvalue weighted by Gasteiger charge is -2.11. The molecular weight excluding hydrogens is 242 g/mol. The molecule has 2 rings (SSSR count). The van der Waals surface area contributed by atoms with Crippen LogP contribution in [0, 0.1) is 12.8 Å². The first kappa shape index (κ1) is 13.8. The van der Waals surface area contributed by atoms with E-state index in [0.717, 1.165) is 42.5 Å². The molecule has 0 aliphatic carbocycles. The number of aryl methyl sites for hydroxylation is 1. The molecule has 1 atom stereocenters. The lowest BCUT2D eigenvalue weighted by Crippen LogP contribution is -2.23. The van der Waals surface area contributed by atoms with Crippen LogP contribution in [0.25, 0.3) is 11.5 Å². The number of H-pyrrole nitrogens is 1. The summed E-state index contributed by atoms with van der Waals surface area (Å²) in [5.74, 6) is 2.22. The molecule has 2 heterocycles. The van der Waals surface area contributed by atoms with Crippen molar-refractivity contribution in [3.8, 4) is 11.5 Å². The first-order valence-electron chi connectivity index (χ1n) is 6.49. The van der Waals surface area contributed by atoms with E-state index in [1.54, 1.807) is 7.11 Å². The Morgan fingerprint density at radius 2 is 2.32 bits per heavy atom. The Hall–Kier alpha value is -1.59. The van der Waals surface area contributed by atoms with Crippen LogP contribution in [0.5, 0.6) is 0 Å². The summed E-state index contributed by atoms with van der Waals surface area (Å²) in [6, 6.07) is 3.91. The van der Waals surface area contributed by atoms with Crippen LogP contribution in [-0.4, -0.2) is 30.5 Å². The van der Waals surface area contributed by atoms with Crippen LogP contribution < -0.4 is 5.32 Å². The predicted octanol–water partition coefficient (Wildman–Crippen LogP) is 2.35. The van der Waals surface area contributed by atoms with E-state index in [1.807, 2.05) is 25.3 Å². The minimum absolute atomic E-state index is 0.492. The zero-order valence-electron chi connectivity index (χ0n) is 11.7. The Morgan fingerprint density at radius 3 is 3.00 bits per heavy atom. The van der Waals surface area contributed by atoms with Crippen molar-refractivity contribution in [2.45, 2.75) is 20.4 Å². The Labute approximate surface area is 113 Å². The van der Waals surface area contributed by atoms with Crippen molar-refractivity contribution < 1.29 is 9.15 Å². The smallest absolute Gasteiger partial charge is 0.152 e. The van der Waals surface area contributed by atoms with Gasteiger partial charge in [0.25, 0.3) is 0 Å². The van der Waals surface area contributed by atoms with Crippen molar-refractivity contribution in [3.63, 3.8) is 0 Å². The number of aromatic nitrogens is 2. The summed E-state index contributed by atoms with van der Waals surface area (Å²) in [5, 5.41) is 10.5. The molecule has 104 valence electrons. The summed E-state index contributed by atoms with van der Waals surface area (Å²) < 4.78 is 10.7. The second-order valence-corrected chi connectivity index (χ2v) is 4.87. The average molecular weight is 263 g/mol. The average Bonchev–Trinajstić information content (AvgIpc) is 2.98. The lowest BCUT2D eigenvalue weighted by atomic mass is 10.2. The van der Waals surface area contributed by atoms with E-state index in [-0.39, 0.29) is 0 Å². The molecule has 2 aromatic heterocycles. The highest BCUT2D eigenvalue weighted by molar-refractivity contribution is 5.56. The van der Waals surface area contributed by atoms with E-state index in [2.05, 4.69) is 22.4 Å². The molecular formula is C14H21N3O2. The van der Waals surface area contributed by atoms with Crippen molar-refractivity contribution in [3.05, 3.63) is 29.7 Å². The van der Waals surface area contributed by atoms with Crippen molar-refractivity contribution >= 4 is 0 Å². The van der Waals surface area contributed by atoms with E-state index in [4.69, 9.17) is 9.15 Å². The highest BCUT2D eigenvalue weighted by atomic mass is 16.5. The predicted molar refractivity (Wildman–Crippen MR) is 73.8 cm³/mol. The van der Waals surface area contributed by atoms with Crippen molar-refractivity contribution in [2.24, 2.45) is 5.92 Å². The number of hydrogen-bond acceptors (Lipinski definition) is 4. The van der Waals surface area contributed by atoms with Crippen LogP contribution in [0.1, 0.15) is 18.2 Å². The van der Waals surface area contributed by atoms with Gasteiger partial charge in [-0.1, -0.05) is 6.92 Å². The fraction of sp³-hybridized carbons (Fsp3) is 0.500. The lowest BCUT2D eigenvalue weighted by molar-refractivity contribution is 0.158. The van der Waals surface area contributed by atoms with Crippen LogP contribution in [0.3, 0.4) is 0 Å². The van der Waals surface area contributed by atoms with Crippen LogP contribution in [0.2, 0.25) is 0 Å². The molecule has 0 bridgehead atoms. The summed E-state index contributed by atoms with van der Waals surface area (Å²) in [6.07, 6.45) is 1.83. The third-order valence-corrected chi connectivity index (χ3v) is 2.96. The van der Waals surface area contributed by atoms with Gasteiger partial charge in [0, 0.05) is 32.4 Å². The van der Waals surface area contributed by atoms with Gasteiger partial charge >= 0.3 is 0 Å². The normalized spacial score (nSPS) is 12.8. The summed E-state index contributed by atoms with van der Waals surface area (Å²) in [5.41, 5.74) is 2.05. The molecule has 19 heavy (non-hydrogen) atoms. The van der Waals surface area contributed by atoms with Crippen molar-refractivity contribution in [1.29, 1.82) is 0 Å². The summed E-state index contributed by atoms with van der Waals surface area (Å²) >= 11 is 0. The molecule has 0 fully saturated rings. The molecule has 0 radical (unpaired) electrons. The Morgan fingerprint density at radius 1 is 1.47 bits per heavy atom. The maximum absolute atomic E-state index is 5.62. The van der Waals surface area contributed by atoms with Gasteiger partial charge in [0.15, 0.2) is 5.76 Å². The topological polar surface area (TPSA) is 63.1 Å². The van der Waals surface area contributed by atoms with Gasteiger partial charge < -0.3 is 14.5 Å². The number of ether oxygens (including phenoxy) is 1. The molecule has 0 aliphatic heterocycles. The molecule has 2 N–H and O–H groups in total. The van der Waals surface area contributed by atoms with Gasteiger partial charge in [-0.15, -0.1) is 0 Å². The number of nitrogens with one attached hydrogen (secondary N) is 2. The number of methoxy groups -OCH3 is 1. The van der Waals surface area contributed by atoms with Crippen molar-refractivity contribution in [1.82, 2.24) is 15.5 Å². The number of rotatable bonds is 7. The molecule has 0 aromatic carbocycles. The molecule has 5 heteroatoms. The fourth-order valence-electron chi connectivity index (χ4n) is 2.02. The van der Waals surface area contributed by atoms with Gasteiger partial charge in [0.1, 0.15) is 11.5 Å². The quantitative estimate of drug-likeness (QED) is 0.805. The molecule has 5 nitrogen and oxygen atoms in total. The molecule has 0 aliphatic rings. The molecule has 0 spiro atoms. The zero-order valence-corrected chi connectivity index (χ0v) is 11.7. The van der Waals surface area contributed by atoms with Gasteiger partial charge in [0.05, 0.1) is 6.20 Å². The third-order valence-electron chi connectivity index (χ3n) is 2.96. The maximum atomic E-state index is 5.62. The monoisotopic (exact) mass is 263 g/mol. The van der Waals surface area contributed by atoms with Crippen molar-refractivity contribution in [2.75, 3.05) is 20.3 Å². The van der Waals surface area contributed by atoms with E-state index in [1.165, 1.54) is 0 Å². The second kappa shape index (κ2) is 6.54. The first-order valence-corrected chi connectivity index (χ1v) is 6.49. The Balaban J connectivity index is 1.93. The van der Waals surface area contributed by atoms with Crippen LogP contribution in [-0.2, 0) is 11.3 Å². The van der Waals surface area contributed by atoms with E-state index < -0.39 is 0 Å². The molecule has 0 amide bonds. The standard InChI is InChI=1S/C14H21N3O2/c1-10(9-18-3)6-15-7-12-8-16-17-14(12)13-5-4-11(2)19-13/h4-5,8,10,15H,6-7,9H2,1-3H3,(H,16,17). The van der Waals surface area contributed by atoms with Gasteiger partial charge in [-0.05, 0) is 25.0 Å². The molecule has 0 saturated heterocycles. The number of aromatic amines is 1. The minimum atomic E-state index is 0.492. The highest BCUT2D eigenvalue weighted by Gasteiger charge is 2.11. The highest BCUT2D eigenvalue weighted by Crippen LogP contribution is 2.23. The summed E-state index contributed by atoms with van der Waals surface area (Å²) in [7, 11) is 1.73. The number of nitrogens with zero attached hydrogens (tertiary/aromatic N) is 1. The summed E-state index contributed by atoms with van der Waals surface area (Å²) in [4.78, 5) is 0. The molecule has 1 unspecified atom stereocenters.